The van der Waals surface area contributed by atoms with E-state index >= 15 is 0 Å². The second-order valence-corrected chi connectivity index (χ2v) is 8.49. The zero-order valence-electron chi connectivity index (χ0n) is 18.6. The standard InChI is InChI=1S/C23H25BN2O5/c1-22(2)23(3,4)31-24(30-22)17-9-7-8-14-10-18(25-13-16(14)17)15-11-19(28-5)20(26-12-15)21(27)29-6/h7-13H,1-6H3. The Morgan fingerprint density at radius 3 is 2.35 bits per heavy atom. The number of esters is 1. The normalized spacial score (nSPS) is 17.0. The maximum Gasteiger partial charge on any atom is 0.495 e. The lowest BCUT2D eigenvalue weighted by molar-refractivity contribution is 0.00578. The van der Waals surface area contributed by atoms with Gasteiger partial charge in [-0.25, -0.2) is 9.78 Å². The third-order valence-corrected chi connectivity index (χ3v) is 6.05. The van der Waals surface area contributed by atoms with E-state index in [-0.39, 0.29) is 5.69 Å². The van der Waals surface area contributed by atoms with E-state index in [1.165, 1.54) is 14.2 Å². The molecule has 4 rings (SSSR count). The first-order chi connectivity index (χ1) is 14.7. The van der Waals surface area contributed by atoms with E-state index in [9.17, 15) is 4.79 Å². The minimum Gasteiger partial charge on any atom is -0.494 e. The number of fused-ring (bicyclic) bond motifs is 1. The monoisotopic (exact) mass is 420 g/mol. The van der Waals surface area contributed by atoms with E-state index in [4.69, 9.17) is 18.8 Å². The summed E-state index contributed by atoms with van der Waals surface area (Å²) in [5.74, 6) is -0.223. The van der Waals surface area contributed by atoms with Crippen LogP contribution in [-0.2, 0) is 14.0 Å². The number of carbonyl (C=O) groups is 1. The average Bonchev–Trinajstić information content (AvgIpc) is 2.98. The van der Waals surface area contributed by atoms with Crippen molar-refractivity contribution in [2.24, 2.45) is 0 Å². The smallest absolute Gasteiger partial charge is 0.494 e. The lowest BCUT2D eigenvalue weighted by atomic mass is 9.76. The molecule has 3 heterocycles. The second kappa shape index (κ2) is 7.62. The van der Waals surface area contributed by atoms with Crippen LogP contribution in [-0.4, -0.2) is 48.5 Å². The molecule has 1 saturated heterocycles. The highest BCUT2D eigenvalue weighted by atomic mass is 16.7. The van der Waals surface area contributed by atoms with Gasteiger partial charge in [-0.05, 0) is 56.1 Å². The van der Waals surface area contributed by atoms with Crippen molar-refractivity contribution in [3.05, 3.63) is 48.4 Å². The van der Waals surface area contributed by atoms with Gasteiger partial charge in [0.2, 0.25) is 0 Å². The molecule has 8 heteroatoms. The molecule has 7 nitrogen and oxygen atoms in total. The molecule has 1 fully saturated rings. The van der Waals surface area contributed by atoms with Crippen LogP contribution in [0.1, 0.15) is 38.2 Å². The maximum absolute atomic E-state index is 11.9. The number of nitrogens with zero attached hydrogens (tertiary/aromatic N) is 2. The molecule has 0 radical (unpaired) electrons. The Balaban J connectivity index is 1.73. The molecule has 1 aliphatic rings. The summed E-state index contributed by atoms with van der Waals surface area (Å²) in [6, 6.07) is 9.69. The van der Waals surface area contributed by atoms with E-state index in [2.05, 4.69) is 9.97 Å². The van der Waals surface area contributed by atoms with Crippen molar-refractivity contribution in [1.82, 2.24) is 9.97 Å². The van der Waals surface area contributed by atoms with Gasteiger partial charge in [0.15, 0.2) is 11.4 Å². The molecule has 31 heavy (non-hydrogen) atoms. The molecule has 1 aromatic carbocycles. The molecule has 0 aliphatic carbocycles. The highest BCUT2D eigenvalue weighted by Gasteiger charge is 2.52. The number of hydrogen-bond donors (Lipinski definition) is 0. The first-order valence-electron chi connectivity index (χ1n) is 10.0. The van der Waals surface area contributed by atoms with Crippen molar-refractivity contribution < 1.29 is 23.6 Å². The lowest BCUT2D eigenvalue weighted by Crippen LogP contribution is -2.41. The largest absolute Gasteiger partial charge is 0.495 e. The van der Waals surface area contributed by atoms with Crippen molar-refractivity contribution in [2.75, 3.05) is 14.2 Å². The SMILES string of the molecule is COC(=O)c1ncc(-c2cc3cccc(B4OC(C)(C)C(C)(C)O4)c3cn2)cc1OC. The molecule has 1 aliphatic heterocycles. The van der Waals surface area contributed by atoms with Gasteiger partial charge < -0.3 is 18.8 Å². The predicted molar refractivity (Wildman–Crippen MR) is 119 cm³/mol. The van der Waals surface area contributed by atoms with Gasteiger partial charge in [-0.3, -0.25) is 4.98 Å². The fraction of sp³-hybridized carbons (Fsp3) is 0.348. The fourth-order valence-electron chi connectivity index (χ4n) is 3.52. The van der Waals surface area contributed by atoms with Gasteiger partial charge >= 0.3 is 13.1 Å². The summed E-state index contributed by atoms with van der Waals surface area (Å²) in [6.45, 7) is 8.14. The number of hydrogen-bond acceptors (Lipinski definition) is 7. The number of ether oxygens (including phenoxy) is 2. The van der Waals surface area contributed by atoms with Gasteiger partial charge in [-0.2, -0.15) is 0 Å². The quantitative estimate of drug-likeness (QED) is 0.473. The van der Waals surface area contributed by atoms with Crippen molar-refractivity contribution in [3.63, 3.8) is 0 Å². The van der Waals surface area contributed by atoms with E-state index in [1.807, 2.05) is 58.2 Å². The first kappa shape index (κ1) is 21.3. The summed E-state index contributed by atoms with van der Waals surface area (Å²) in [5, 5.41) is 1.95. The molecule has 0 bridgehead atoms. The maximum atomic E-state index is 11.9. The third kappa shape index (κ3) is 3.66. The molecule has 0 atom stereocenters. The van der Waals surface area contributed by atoms with Gasteiger partial charge in [0.25, 0.3) is 0 Å². The number of methoxy groups -OCH3 is 2. The highest BCUT2D eigenvalue weighted by molar-refractivity contribution is 6.65. The minimum absolute atomic E-state index is 0.123. The number of aromatic nitrogens is 2. The van der Waals surface area contributed by atoms with Crippen LogP contribution in [0.5, 0.6) is 5.75 Å². The summed E-state index contributed by atoms with van der Waals surface area (Å²) in [7, 11) is 2.32. The zero-order chi connectivity index (χ0) is 22.4. The average molecular weight is 420 g/mol. The molecular weight excluding hydrogens is 395 g/mol. The Kier molecular flexibility index (Phi) is 5.23. The summed E-state index contributed by atoms with van der Waals surface area (Å²) in [5.41, 5.74) is 1.66. The Morgan fingerprint density at radius 2 is 1.71 bits per heavy atom. The van der Waals surface area contributed by atoms with Gasteiger partial charge in [0.05, 0.1) is 31.1 Å². The Bertz CT molecular complexity index is 1150. The van der Waals surface area contributed by atoms with E-state index < -0.39 is 24.3 Å². The van der Waals surface area contributed by atoms with Crippen LogP contribution < -0.4 is 10.2 Å². The lowest BCUT2D eigenvalue weighted by Gasteiger charge is -2.32. The minimum atomic E-state index is -0.554. The van der Waals surface area contributed by atoms with E-state index in [0.717, 1.165) is 21.8 Å². The third-order valence-electron chi connectivity index (χ3n) is 6.05. The Hall–Kier alpha value is -2.97. The Labute approximate surface area is 181 Å². The molecule has 0 N–H and O–H groups in total. The first-order valence-corrected chi connectivity index (χ1v) is 10.0. The predicted octanol–water partition coefficient (Wildman–Crippen LogP) is 3.39. The molecule has 0 saturated carbocycles. The fourth-order valence-corrected chi connectivity index (χ4v) is 3.52. The van der Waals surface area contributed by atoms with Crippen LogP contribution in [0.4, 0.5) is 0 Å². The summed E-state index contributed by atoms with van der Waals surface area (Å²) in [6.07, 6.45) is 3.40. The van der Waals surface area contributed by atoms with E-state index in [1.54, 1.807) is 12.3 Å². The molecule has 160 valence electrons. The van der Waals surface area contributed by atoms with Gasteiger partial charge in [0, 0.05) is 18.0 Å². The van der Waals surface area contributed by atoms with Gasteiger partial charge in [-0.1, -0.05) is 18.2 Å². The van der Waals surface area contributed by atoms with Crippen LogP contribution in [0.3, 0.4) is 0 Å². The molecule has 0 spiro atoms. The van der Waals surface area contributed by atoms with Gasteiger partial charge in [-0.15, -0.1) is 0 Å². The number of rotatable bonds is 4. The summed E-state index contributed by atoms with van der Waals surface area (Å²) in [4.78, 5) is 20.7. The van der Waals surface area contributed by atoms with Crippen LogP contribution in [0.15, 0.2) is 42.7 Å². The Morgan fingerprint density at radius 1 is 1.00 bits per heavy atom. The molecule has 3 aromatic rings. The summed E-state index contributed by atoms with van der Waals surface area (Å²) >= 11 is 0. The number of benzene rings is 1. The van der Waals surface area contributed by atoms with Crippen LogP contribution in [0, 0.1) is 0 Å². The molecule has 2 aromatic heterocycles. The van der Waals surface area contributed by atoms with Crippen molar-refractivity contribution in [1.29, 1.82) is 0 Å². The van der Waals surface area contributed by atoms with Crippen molar-refractivity contribution in [3.8, 4) is 17.0 Å². The zero-order valence-corrected chi connectivity index (χ0v) is 18.6. The second-order valence-electron chi connectivity index (χ2n) is 8.49. The summed E-state index contributed by atoms with van der Waals surface area (Å²) < 4.78 is 22.5. The van der Waals surface area contributed by atoms with Crippen molar-refractivity contribution >= 4 is 29.3 Å². The van der Waals surface area contributed by atoms with Crippen LogP contribution in [0.2, 0.25) is 0 Å². The molecular formula is C23H25BN2O5. The topological polar surface area (TPSA) is 79.8 Å². The molecule has 0 unspecified atom stereocenters. The highest BCUT2D eigenvalue weighted by Crippen LogP contribution is 2.37. The van der Waals surface area contributed by atoms with Gasteiger partial charge in [0.1, 0.15) is 0 Å². The van der Waals surface area contributed by atoms with Crippen LogP contribution >= 0.6 is 0 Å². The number of pyridine rings is 2. The van der Waals surface area contributed by atoms with Crippen molar-refractivity contribution in [2.45, 2.75) is 38.9 Å². The number of carbonyl (C=O) groups excluding carboxylic acids is 1. The van der Waals surface area contributed by atoms with Crippen LogP contribution in [0.25, 0.3) is 22.0 Å². The van der Waals surface area contributed by atoms with E-state index in [0.29, 0.717) is 11.4 Å². The molecule has 0 amide bonds.